The first-order valence-corrected chi connectivity index (χ1v) is 12.9. The maximum Gasteiger partial charge on any atom is 0.261 e. The fourth-order valence-electron chi connectivity index (χ4n) is 4.69. The minimum atomic E-state index is -0.658. The maximum atomic E-state index is 13.7. The Morgan fingerprint density at radius 1 is 0.972 bits per heavy atom. The van der Waals surface area contributed by atoms with Crippen molar-refractivity contribution < 1.29 is 14.3 Å². The maximum absolute atomic E-state index is 13.7. The summed E-state index contributed by atoms with van der Waals surface area (Å²) in [5.41, 5.74) is 3.08. The normalized spacial score (nSPS) is 14.3. The summed E-state index contributed by atoms with van der Waals surface area (Å²) in [5, 5.41) is 3.82. The summed E-state index contributed by atoms with van der Waals surface area (Å²) >= 11 is 5.98. The van der Waals surface area contributed by atoms with Crippen molar-refractivity contribution in [2.45, 2.75) is 57.7 Å². The molecule has 1 aliphatic rings. The summed E-state index contributed by atoms with van der Waals surface area (Å²) in [7, 11) is 0. The van der Waals surface area contributed by atoms with E-state index in [2.05, 4.69) is 11.4 Å². The Labute approximate surface area is 218 Å². The van der Waals surface area contributed by atoms with Gasteiger partial charge >= 0.3 is 0 Å². The van der Waals surface area contributed by atoms with E-state index in [4.69, 9.17) is 16.3 Å². The van der Waals surface area contributed by atoms with Gasteiger partial charge in [-0.05, 0) is 55.2 Å². The number of nitrogens with one attached hydrogen (secondary N) is 1. The highest BCUT2D eigenvalue weighted by Gasteiger charge is 2.32. The summed E-state index contributed by atoms with van der Waals surface area (Å²) in [6, 6.07) is 24.3. The smallest absolute Gasteiger partial charge is 0.261 e. The first-order valence-electron chi connectivity index (χ1n) is 12.6. The van der Waals surface area contributed by atoms with Crippen molar-refractivity contribution in [3.05, 3.63) is 101 Å². The summed E-state index contributed by atoms with van der Waals surface area (Å²) in [6.45, 7) is 2.17. The molecule has 0 bridgehead atoms. The molecule has 5 nitrogen and oxygen atoms in total. The first-order chi connectivity index (χ1) is 17.5. The molecule has 3 aromatic carbocycles. The lowest BCUT2D eigenvalue weighted by molar-refractivity contribution is -0.143. The Kier molecular flexibility index (Phi) is 9.01. The summed E-state index contributed by atoms with van der Waals surface area (Å²) in [6.07, 6.45) is 4.63. The van der Waals surface area contributed by atoms with Crippen LogP contribution < -0.4 is 10.1 Å². The van der Waals surface area contributed by atoms with E-state index in [1.54, 1.807) is 29.2 Å². The highest BCUT2D eigenvalue weighted by molar-refractivity contribution is 6.30. The fourth-order valence-corrected chi connectivity index (χ4v) is 4.81. The zero-order valence-corrected chi connectivity index (χ0v) is 21.4. The van der Waals surface area contributed by atoms with Crippen LogP contribution in [0.15, 0.2) is 78.9 Å². The predicted octanol–water partition coefficient (Wildman–Crippen LogP) is 5.73. The molecule has 1 saturated carbocycles. The molecule has 36 heavy (non-hydrogen) atoms. The van der Waals surface area contributed by atoms with Gasteiger partial charge in [-0.25, -0.2) is 0 Å². The van der Waals surface area contributed by atoms with Gasteiger partial charge in [0.15, 0.2) is 6.61 Å². The monoisotopic (exact) mass is 504 g/mol. The molecule has 0 heterocycles. The molecule has 0 radical (unpaired) electrons. The van der Waals surface area contributed by atoms with Crippen LogP contribution in [0.5, 0.6) is 5.75 Å². The van der Waals surface area contributed by atoms with Crippen LogP contribution >= 0.6 is 11.6 Å². The Morgan fingerprint density at radius 2 is 1.67 bits per heavy atom. The highest BCUT2D eigenvalue weighted by Crippen LogP contribution is 2.21. The number of carbonyl (C=O) groups excluding carboxylic acids is 2. The third-order valence-corrected chi connectivity index (χ3v) is 6.84. The molecule has 188 valence electrons. The van der Waals surface area contributed by atoms with Crippen LogP contribution in [-0.4, -0.2) is 35.4 Å². The van der Waals surface area contributed by atoms with Crippen LogP contribution in [0, 0.1) is 6.92 Å². The van der Waals surface area contributed by atoms with Gasteiger partial charge < -0.3 is 15.0 Å². The van der Waals surface area contributed by atoms with Gasteiger partial charge in [0.25, 0.3) is 5.91 Å². The van der Waals surface area contributed by atoms with Crippen LogP contribution in [0.1, 0.15) is 42.4 Å². The number of nitrogens with zero attached hydrogens (tertiary/aromatic N) is 1. The zero-order valence-electron chi connectivity index (χ0n) is 20.7. The van der Waals surface area contributed by atoms with E-state index in [9.17, 15) is 9.59 Å². The number of hydrogen-bond acceptors (Lipinski definition) is 3. The Balaban J connectivity index is 1.60. The molecule has 1 atom stereocenters. The summed E-state index contributed by atoms with van der Waals surface area (Å²) < 4.78 is 5.80. The largest absolute Gasteiger partial charge is 0.484 e. The molecule has 1 aliphatic carbocycles. The van der Waals surface area contributed by atoms with E-state index in [1.807, 2.05) is 55.5 Å². The molecule has 1 fully saturated rings. The topological polar surface area (TPSA) is 58.6 Å². The number of hydrogen-bond donors (Lipinski definition) is 1. The summed E-state index contributed by atoms with van der Waals surface area (Å²) in [5.74, 6) is 0.200. The van der Waals surface area contributed by atoms with Crippen LogP contribution in [0.25, 0.3) is 0 Å². The van der Waals surface area contributed by atoms with Gasteiger partial charge in [0.1, 0.15) is 11.8 Å². The standard InChI is InChI=1S/C30H33ClN2O3/c1-22-8-7-11-24(18-22)20-33(29(34)21-36-27-16-14-25(31)15-17-27)28(19-23-9-3-2-4-10-23)30(35)32-26-12-5-6-13-26/h2-4,7-11,14-18,26,28H,5-6,12-13,19-21H2,1H3,(H,32,35)/t28-/m0/s1. The number of amides is 2. The number of carbonyl (C=O) groups is 2. The van der Waals surface area contributed by atoms with Crippen molar-refractivity contribution in [2.75, 3.05) is 6.61 Å². The Hall–Kier alpha value is -3.31. The van der Waals surface area contributed by atoms with Crippen molar-refractivity contribution in [1.82, 2.24) is 10.2 Å². The van der Waals surface area contributed by atoms with E-state index in [-0.39, 0.29) is 24.5 Å². The molecule has 6 heteroatoms. The van der Waals surface area contributed by atoms with E-state index in [0.717, 1.165) is 42.4 Å². The molecular formula is C30H33ClN2O3. The van der Waals surface area contributed by atoms with Crippen molar-refractivity contribution >= 4 is 23.4 Å². The minimum absolute atomic E-state index is 0.113. The van der Waals surface area contributed by atoms with E-state index in [1.165, 1.54) is 0 Å². The SMILES string of the molecule is Cc1cccc(CN(C(=O)COc2ccc(Cl)cc2)[C@@H](Cc2ccccc2)C(=O)NC2CCCC2)c1. The van der Waals surface area contributed by atoms with Crippen LogP contribution in [-0.2, 0) is 22.6 Å². The highest BCUT2D eigenvalue weighted by atomic mass is 35.5. The fraction of sp³-hybridized carbons (Fsp3) is 0.333. The van der Waals surface area contributed by atoms with Crippen LogP contribution in [0.4, 0.5) is 0 Å². The molecule has 0 aliphatic heterocycles. The average Bonchev–Trinajstić information content (AvgIpc) is 3.39. The lowest BCUT2D eigenvalue weighted by Crippen LogP contribution is -2.53. The predicted molar refractivity (Wildman–Crippen MR) is 143 cm³/mol. The molecule has 3 aromatic rings. The van der Waals surface area contributed by atoms with Gasteiger partial charge in [-0.2, -0.15) is 0 Å². The van der Waals surface area contributed by atoms with Crippen LogP contribution in [0.2, 0.25) is 5.02 Å². The van der Waals surface area contributed by atoms with Gasteiger partial charge in [-0.1, -0.05) is 84.6 Å². The van der Waals surface area contributed by atoms with Crippen molar-refractivity contribution in [3.63, 3.8) is 0 Å². The van der Waals surface area contributed by atoms with E-state index in [0.29, 0.717) is 23.7 Å². The minimum Gasteiger partial charge on any atom is -0.484 e. The number of benzene rings is 3. The van der Waals surface area contributed by atoms with Gasteiger partial charge in [0.05, 0.1) is 0 Å². The number of halogens is 1. The molecular weight excluding hydrogens is 472 g/mol. The van der Waals surface area contributed by atoms with Gasteiger partial charge in [0, 0.05) is 24.0 Å². The van der Waals surface area contributed by atoms with Crippen LogP contribution in [0.3, 0.4) is 0 Å². The first kappa shape index (κ1) is 25.8. The van der Waals surface area contributed by atoms with Crippen molar-refractivity contribution in [3.8, 4) is 5.75 Å². The van der Waals surface area contributed by atoms with E-state index < -0.39 is 6.04 Å². The lowest BCUT2D eigenvalue weighted by Gasteiger charge is -2.32. The Bertz CT molecular complexity index is 1140. The number of rotatable bonds is 10. The third-order valence-electron chi connectivity index (χ3n) is 6.58. The second kappa shape index (κ2) is 12.6. The molecule has 0 aromatic heterocycles. The second-order valence-electron chi connectivity index (χ2n) is 9.45. The van der Waals surface area contributed by atoms with Gasteiger partial charge in [-0.3, -0.25) is 9.59 Å². The Morgan fingerprint density at radius 3 is 2.36 bits per heavy atom. The molecule has 0 saturated heterocycles. The lowest BCUT2D eigenvalue weighted by atomic mass is 10.0. The second-order valence-corrected chi connectivity index (χ2v) is 9.89. The number of aryl methyl sites for hydroxylation is 1. The van der Waals surface area contributed by atoms with Crippen molar-refractivity contribution in [2.24, 2.45) is 0 Å². The molecule has 0 spiro atoms. The van der Waals surface area contributed by atoms with E-state index >= 15 is 0 Å². The summed E-state index contributed by atoms with van der Waals surface area (Å²) in [4.78, 5) is 29.0. The number of ether oxygens (including phenoxy) is 1. The zero-order chi connectivity index (χ0) is 25.3. The van der Waals surface area contributed by atoms with Gasteiger partial charge in [-0.15, -0.1) is 0 Å². The molecule has 1 N–H and O–H groups in total. The quantitative estimate of drug-likeness (QED) is 0.384. The molecule has 2 amide bonds. The average molecular weight is 505 g/mol. The third kappa shape index (κ3) is 7.34. The van der Waals surface area contributed by atoms with Gasteiger partial charge in [0.2, 0.25) is 5.91 Å². The molecule has 0 unspecified atom stereocenters. The van der Waals surface area contributed by atoms with Crippen molar-refractivity contribution in [1.29, 1.82) is 0 Å². The molecule has 4 rings (SSSR count).